The first-order valence-electron chi connectivity index (χ1n) is 12.4. The van der Waals surface area contributed by atoms with E-state index in [9.17, 15) is 9.90 Å². The van der Waals surface area contributed by atoms with Crippen LogP contribution < -0.4 is 10.4 Å². The van der Waals surface area contributed by atoms with Gasteiger partial charge in [-0.25, -0.2) is 4.79 Å². The maximum Gasteiger partial charge on any atom is 0.410 e. The smallest absolute Gasteiger partial charge is 0.410 e. The van der Waals surface area contributed by atoms with Crippen LogP contribution in [0.1, 0.15) is 48.5 Å². The minimum Gasteiger partial charge on any atom is -0.444 e. The third kappa shape index (κ3) is 6.15. The van der Waals surface area contributed by atoms with Crippen molar-refractivity contribution in [3.05, 3.63) is 60.7 Å². The average molecular weight is 500 g/mol. The molecule has 0 aromatic heterocycles. The Hall–Kier alpha value is -2.19. The van der Waals surface area contributed by atoms with Crippen LogP contribution in [0.2, 0.25) is 5.04 Å². The van der Waals surface area contributed by atoms with Gasteiger partial charge in [-0.2, -0.15) is 0 Å². The van der Waals surface area contributed by atoms with Crippen LogP contribution in [-0.2, 0) is 13.9 Å². The number of morpholine rings is 1. The first-order chi connectivity index (χ1) is 16.4. The second-order valence-corrected chi connectivity index (χ2v) is 15.6. The number of hydrogen-bond acceptors (Lipinski definition) is 5. The molecule has 35 heavy (non-hydrogen) atoms. The zero-order valence-corrected chi connectivity index (χ0v) is 23.2. The molecule has 1 amide bonds. The number of rotatable bonds is 6. The number of ether oxygens (including phenoxy) is 2. The highest BCUT2D eigenvalue weighted by Crippen LogP contribution is 2.37. The molecule has 192 valence electrons. The first-order valence-corrected chi connectivity index (χ1v) is 14.3. The van der Waals surface area contributed by atoms with Crippen LogP contribution in [0.3, 0.4) is 0 Å². The summed E-state index contributed by atoms with van der Waals surface area (Å²) in [6.45, 7) is 14.6. The van der Waals surface area contributed by atoms with Crippen molar-refractivity contribution < 1.29 is 23.8 Å². The number of amides is 1. The van der Waals surface area contributed by atoms with Crippen LogP contribution in [0.4, 0.5) is 4.79 Å². The van der Waals surface area contributed by atoms with Crippen LogP contribution in [0.15, 0.2) is 60.7 Å². The summed E-state index contributed by atoms with van der Waals surface area (Å²) in [7, 11) is -2.76. The molecule has 0 unspecified atom stereocenters. The van der Waals surface area contributed by atoms with Crippen LogP contribution in [-0.4, -0.2) is 68.0 Å². The molecule has 0 saturated carbocycles. The van der Waals surface area contributed by atoms with E-state index in [0.717, 1.165) is 0 Å². The summed E-state index contributed by atoms with van der Waals surface area (Å²) < 4.78 is 18.9. The fraction of sp³-hybridized carbons (Fsp3) is 0.536. The third-order valence-electron chi connectivity index (χ3n) is 6.51. The predicted octanol–water partition coefficient (Wildman–Crippen LogP) is 3.95. The van der Waals surface area contributed by atoms with Gasteiger partial charge in [-0.05, 0) is 43.1 Å². The van der Waals surface area contributed by atoms with Crippen molar-refractivity contribution in [3.63, 3.8) is 0 Å². The summed E-state index contributed by atoms with van der Waals surface area (Å²) in [5.74, 6) is 0. The van der Waals surface area contributed by atoms with Crippen molar-refractivity contribution in [1.29, 1.82) is 0 Å². The van der Waals surface area contributed by atoms with Crippen molar-refractivity contribution in [1.82, 2.24) is 4.90 Å². The zero-order valence-electron chi connectivity index (χ0n) is 22.2. The molecule has 1 fully saturated rings. The Morgan fingerprint density at radius 2 is 1.51 bits per heavy atom. The largest absolute Gasteiger partial charge is 0.444 e. The maximum atomic E-state index is 13.0. The highest BCUT2D eigenvalue weighted by Gasteiger charge is 2.51. The summed E-state index contributed by atoms with van der Waals surface area (Å²) in [6, 6.07) is 20.6. The molecule has 1 aliphatic heterocycles. The Bertz CT molecular complexity index is 915. The minimum absolute atomic E-state index is 0.172. The van der Waals surface area contributed by atoms with Crippen molar-refractivity contribution in [2.24, 2.45) is 0 Å². The zero-order chi connectivity index (χ0) is 25.9. The van der Waals surface area contributed by atoms with E-state index in [1.54, 1.807) is 4.90 Å². The van der Waals surface area contributed by atoms with Gasteiger partial charge in [-0.15, -0.1) is 0 Å². The molecule has 6 nitrogen and oxygen atoms in total. The van der Waals surface area contributed by atoms with Gasteiger partial charge >= 0.3 is 6.09 Å². The monoisotopic (exact) mass is 499 g/mol. The summed E-state index contributed by atoms with van der Waals surface area (Å²) in [5, 5.41) is 12.1. The minimum atomic E-state index is -2.76. The van der Waals surface area contributed by atoms with Gasteiger partial charge in [-0.1, -0.05) is 81.4 Å². The molecular formula is C28H41NO5Si. The topological polar surface area (TPSA) is 68.2 Å². The lowest BCUT2D eigenvalue weighted by Gasteiger charge is -2.46. The van der Waals surface area contributed by atoms with Gasteiger partial charge in [0.05, 0.1) is 31.9 Å². The van der Waals surface area contributed by atoms with Crippen molar-refractivity contribution in [2.75, 3.05) is 19.8 Å². The van der Waals surface area contributed by atoms with E-state index in [-0.39, 0.29) is 24.2 Å². The molecule has 1 N–H and O–H groups in total. The van der Waals surface area contributed by atoms with Gasteiger partial charge in [0, 0.05) is 0 Å². The van der Waals surface area contributed by atoms with Gasteiger partial charge in [0.2, 0.25) is 0 Å². The molecule has 0 bridgehead atoms. The van der Waals surface area contributed by atoms with Crippen molar-refractivity contribution in [2.45, 2.75) is 77.4 Å². The molecule has 3 atom stereocenters. The first kappa shape index (κ1) is 27.4. The molecule has 1 saturated heterocycles. The summed E-state index contributed by atoms with van der Waals surface area (Å²) in [4.78, 5) is 14.6. The highest BCUT2D eigenvalue weighted by molar-refractivity contribution is 6.99. The number of benzene rings is 2. The van der Waals surface area contributed by atoms with Crippen LogP contribution in [0, 0.1) is 0 Å². The average Bonchev–Trinajstić information content (AvgIpc) is 2.79. The van der Waals surface area contributed by atoms with E-state index in [0.29, 0.717) is 6.61 Å². The van der Waals surface area contributed by atoms with Crippen LogP contribution in [0.5, 0.6) is 0 Å². The number of aliphatic hydroxyl groups excluding tert-OH is 1. The molecule has 1 aliphatic rings. The van der Waals surface area contributed by atoms with E-state index < -0.39 is 32.2 Å². The summed E-state index contributed by atoms with van der Waals surface area (Å²) >= 11 is 0. The summed E-state index contributed by atoms with van der Waals surface area (Å²) in [6.07, 6.45) is -1.30. The maximum absolute atomic E-state index is 13.0. The van der Waals surface area contributed by atoms with Crippen molar-refractivity contribution >= 4 is 24.8 Å². The van der Waals surface area contributed by atoms with Gasteiger partial charge in [0.15, 0.2) is 0 Å². The number of aliphatic hydroxyl groups is 1. The highest BCUT2D eigenvalue weighted by atomic mass is 28.4. The Balaban J connectivity index is 1.96. The Labute approximate surface area is 211 Å². The van der Waals surface area contributed by atoms with E-state index in [2.05, 4.69) is 69.3 Å². The molecule has 0 radical (unpaired) electrons. The molecule has 7 heteroatoms. The summed E-state index contributed by atoms with van der Waals surface area (Å²) in [5.41, 5.74) is -0.606. The third-order valence-corrected chi connectivity index (χ3v) is 11.5. The Morgan fingerprint density at radius 3 is 1.94 bits per heavy atom. The van der Waals surface area contributed by atoms with Gasteiger partial charge in [-0.3, -0.25) is 0 Å². The number of hydrogen-bond donors (Lipinski definition) is 1. The molecular weight excluding hydrogens is 458 g/mol. The van der Waals surface area contributed by atoms with Crippen molar-refractivity contribution in [3.8, 4) is 0 Å². The van der Waals surface area contributed by atoms with Crippen LogP contribution in [0.25, 0.3) is 0 Å². The normalized spacial score (nSPS) is 21.6. The number of nitrogens with zero attached hydrogens (tertiary/aromatic N) is 1. The predicted molar refractivity (Wildman–Crippen MR) is 142 cm³/mol. The lowest BCUT2D eigenvalue weighted by molar-refractivity contribution is -0.137. The molecule has 0 spiro atoms. The second kappa shape index (κ2) is 10.8. The Morgan fingerprint density at radius 1 is 1.00 bits per heavy atom. The van der Waals surface area contributed by atoms with E-state index in [1.165, 1.54) is 10.4 Å². The lowest BCUT2D eigenvalue weighted by atomic mass is 10.1. The van der Waals surface area contributed by atoms with Gasteiger partial charge in [0.25, 0.3) is 8.32 Å². The number of carbonyl (C=O) groups excluding carboxylic acids is 1. The van der Waals surface area contributed by atoms with Crippen LogP contribution >= 0.6 is 0 Å². The molecule has 2 aromatic rings. The lowest BCUT2D eigenvalue weighted by Crippen LogP contribution is -2.68. The number of carbonyl (C=O) groups is 1. The second-order valence-electron chi connectivity index (χ2n) is 11.3. The molecule has 3 rings (SSSR count). The molecule has 2 aromatic carbocycles. The fourth-order valence-corrected chi connectivity index (χ4v) is 9.37. The standard InChI is InChI=1S/C28H41NO5Si/c1-21-25(33-22(19-30)18-29(21)26(31)34-27(2,3)4)20-32-35(28(5,6)7,23-14-10-8-11-15-23)24-16-12-9-13-17-24/h8-17,21-22,25,30H,18-20H2,1-7H3/t21-,22+,25-/m1/s1. The van der Waals surface area contributed by atoms with E-state index in [4.69, 9.17) is 13.9 Å². The SMILES string of the molecule is C[C@@H]1[C@@H](CO[Si](c2ccccc2)(c2ccccc2)C(C)(C)C)O[C@H](CO)CN1C(=O)OC(C)(C)C. The van der Waals surface area contributed by atoms with Gasteiger partial charge in [0.1, 0.15) is 11.7 Å². The van der Waals surface area contributed by atoms with E-state index in [1.807, 2.05) is 39.8 Å². The van der Waals surface area contributed by atoms with Gasteiger partial charge < -0.3 is 23.9 Å². The van der Waals surface area contributed by atoms with E-state index >= 15 is 0 Å². The molecule has 0 aliphatic carbocycles. The fourth-order valence-electron chi connectivity index (χ4n) is 4.80. The molecule has 1 heterocycles. The Kier molecular flexibility index (Phi) is 8.47. The quantitative estimate of drug-likeness (QED) is 0.610.